The van der Waals surface area contributed by atoms with Crippen LogP contribution in [0.1, 0.15) is 5.71 Å². The first kappa shape index (κ1) is 15.7. The van der Waals surface area contributed by atoms with E-state index in [1.54, 1.807) is 0 Å². The molecule has 6 heteroatoms. The van der Waals surface area contributed by atoms with E-state index in [4.69, 9.17) is 15.2 Å². The molecule has 4 nitrogen and oxygen atoms in total. The number of carbonyl (C=O) groups is 1. The van der Waals surface area contributed by atoms with Crippen molar-refractivity contribution in [2.45, 2.75) is 0 Å². The van der Waals surface area contributed by atoms with Gasteiger partial charge < -0.3 is 10.8 Å². The number of hydrogen-bond donors (Lipinski definition) is 2. The van der Waals surface area contributed by atoms with Gasteiger partial charge in [0.25, 0.3) is 0 Å². The molecule has 0 amide bonds. The molecular weight excluding hydrogens is 140 g/mol. The molecule has 0 unspecified atom stereocenters. The Kier molecular flexibility index (Phi) is 23.1. The second-order valence-corrected chi connectivity index (χ2v) is 0.357. The van der Waals surface area contributed by atoms with Gasteiger partial charge in [-0.2, -0.15) is 5.26 Å². The van der Waals surface area contributed by atoms with Crippen LogP contribution in [-0.4, -0.2) is 77.3 Å². The summed E-state index contributed by atoms with van der Waals surface area (Å²) in [6.45, 7) is 0. The van der Waals surface area contributed by atoms with Gasteiger partial charge in [-0.1, -0.05) is 0 Å². The van der Waals surface area contributed by atoms with E-state index < -0.39 is 6.16 Å². The molecule has 38 valence electrons. The van der Waals surface area contributed by atoms with Gasteiger partial charge >= 0.3 is 66.9 Å². The molecule has 0 aromatic carbocycles. The molecule has 0 heterocycles. The minimum Gasteiger partial charge on any atom is -1.00 e. The van der Waals surface area contributed by atoms with Gasteiger partial charge in [-0.3, -0.25) is 4.89 Å². The van der Waals surface area contributed by atoms with Crippen LogP contribution < -0.4 is 0 Å². The fraction of sp³-hybridized carbons (Fsp3) is 0. The van der Waals surface area contributed by atoms with Crippen molar-refractivity contribution in [3.63, 3.8) is 0 Å². The minimum absolute atomic E-state index is 0. The second kappa shape index (κ2) is 10.3. The molecule has 0 aliphatic rings. The van der Waals surface area contributed by atoms with Crippen LogP contribution in [0.4, 0.5) is 4.79 Å². The largest absolute Gasteiger partial charge is 2.00 e. The SMILES string of the molecule is O=C(O)OO.[Ca+2].[H-].[H-].[H-].[H-].[Mg+2]. The number of hydrogen-bond acceptors (Lipinski definition) is 3. The van der Waals surface area contributed by atoms with Gasteiger partial charge in [-0.25, -0.2) is 4.79 Å². The Bertz CT molecular complexity index is 57.4. The van der Waals surface area contributed by atoms with Crippen molar-refractivity contribution in [3.05, 3.63) is 0 Å². The van der Waals surface area contributed by atoms with E-state index in [1.165, 1.54) is 0 Å². The van der Waals surface area contributed by atoms with Crippen LogP contribution in [0, 0.1) is 0 Å². The first-order valence-corrected chi connectivity index (χ1v) is 0.814. The summed E-state index contributed by atoms with van der Waals surface area (Å²) in [5.41, 5.74) is 0. The average Bonchev–Trinajstić information content (AvgIpc) is 1.38. The van der Waals surface area contributed by atoms with Gasteiger partial charge in [0.05, 0.1) is 0 Å². The zero-order valence-electron chi connectivity index (χ0n) is 7.63. The molecule has 0 atom stereocenters. The third kappa shape index (κ3) is 18.9. The van der Waals surface area contributed by atoms with Gasteiger partial charge in [-0.15, -0.1) is 0 Å². The molecule has 0 radical (unpaired) electrons. The molecule has 0 bridgehead atoms. The molecule has 0 saturated carbocycles. The quantitative estimate of drug-likeness (QED) is 0.283. The summed E-state index contributed by atoms with van der Waals surface area (Å²) in [4.78, 5) is 11.6. The summed E-state index contributed by atoms with van der Waals surface area (Å²) in [5, 5.41) is 14.3. The van der Waals surface area contributed by atoms with Crippen molar-refractivity contribution in [3.8, 4) is 0 Å². The normalized spacial score (nSPS) is 4.71. The van der Waals surface area contributed by atoms with Crippen LogP contribution in [0.25, 0.3) is 0 Å². The Balaban J connectivity index is -0.00000000533. The van der Waals surface area contributed by atoms with Crippen molar-refractivity contribution in [1.29, 1.82) is 0 Å². The van der Waals surface area contributed by atoms with E-state index in [2.05, 4.69) is 4.89 Å². The molecule has 2 N–H and O–H groups in total. The third-order valence-corrected chi connectivity index (χ3v) is 0.0781. The maximum atomic E-state index is 8.90. The molecule has 0 aliphatic carbocycles. The van der Waals surface area contributed by atoms with Crippen molar-refractivity contribution < 1.29 is 25.8 Å². The van der Waals surface area contributed by atoms with E-state index in [1.807, 2.05) is 0 Å². The van der Waals surface area contributed by atoms with Gasteiger partial charge in [0, 0.05) is 0 Å². The molecule has 7 heavy (non-hydrogen) atoms. The summed E-state index contributed by atoms with van der Waals surface area (Å²) in [6.07, 6.45) is -1.69. The average molecular weight is 146 g/mol. The zero-order chi connectivity index (χ0) is 4.28. The van der Waals surface area contributed by atoms with Gasteiger partial charge in [0.15, 0.2) is 0 Å². The summed E-state index contributed by atoms with van der Waals surface area (Å²) in [7, 11) is 0. The van der Waals surface area contributed by atoms with Crippen molar-refractivity contribution in [1.82, 2.24) is 0 Å². The zero-order valence-corrected chi connectivity index (χ0v) is 7.25. The maximum absolute atomic E-state index is 8.90. The first-order chi connectivity index (χ1) is 2.27. The Morgan fingerprint density at radius 2 is 1.86 bits per heavy atom. The Labute approximate surface area is 91.9 Å². The third-order valence-electron chi connectivity index (χ3n) is 0.0781. The molecule has 0 rings (SSSR count). The molecular formula is CH6CaMgO4. The molecule has 0 fully saturated rings. The van der Waals surface area contributed by atoms with E-state index in [-0.39, 0.29) is 66.5 Å². The smallest absolute Gasteiger partial charge is 1.00 e. The van der Waals surface area contributed by atoms with Crippen LogP contribution in [0.5, 0.6) is 0 Å². The van der Waals surface area contributed by atoms with Gasteiger partial charge in [0.1, 0.15) is 0 Å². The summed E-state index contributed by atoms with van der Waals surface area (Å²) >= 11 is 0. The van der Waals surface area contributed by atoms with Crippen LogP contribution >= 0.6 is 0 Å². The van der Waals surface area contributed by atoms with Gasteiger partial charge in [-0.05, 0) is 0 Å². The second-order valence-electron chi connectivity index (χ2n) is 0.357. The van der Waals surface area contributed by atoms with Crippen molar-refractivity contribution >= 4 is 66.9 Å². The van der Waals surface area contributed by atoms with E-state index in [0.29, 0.717) is 0 Å². The fourth-order valence-corrected chi connectivity index (χ4v) is 0. The summed E-state index contributed by atoms with van der Waals surface area (Å²) in [5.74, 6) is 0. The van der Waals surface area contributed by atoms with Crippen LogP contribution in [0.3, 0.4) is 0 Å². The Morgan fingerprint density at radius 1 is 1.71 bits per heavy atom. The minimum atomic E-state index is -1.69. The van der Waals surface area contributed by atoms with Crippen molar-refractivity contribution in [2.24, 2.45) is 0 Å². The molecule has 0 aromatic heterocycles. The molecule has 0 saturated heterocycles. The Hall–Kier alpha value is 1.26. The summed E-state index contributed by atoms with van der Waals surface area (Å²) < 4.78 is 0. The molecule has 0 aromatic rings. The van der Waals surface area contributed by atoms with Crippen molar-refractivity contribution in [2.75, 3.05) is 0 Å². The first-order valence-electron chi connectivity index (χ1n) is 0.814. The number of rotatable bonds is 0. The van der Waals surface area contributed by atoms with E-state index in [9.17, 15) is 0 Å². The van der Waals surface area contributed by atoms with Crippen LogP contribution in [-0.2, 0) is 4.89 Å². The van der Waals surface area contributed by atoms with Gasteiger partial charge in [0.2, 0.25) is 0 Å². The van der Waals surface area contributed by atoms with E-state index in [0.717, 1.165) is 0 Å². The topological polar surface area (TPSA) is 66.8 Å². The van der Waals surface area contributed by atoms with Crippen LogP contribution in [0.2, 0.25) is 0 Å². The van der Waals surface area contributed by atoms with Crippen LogP contribution in [0.15, 0.2) is 0 Å². The number of carboxylic acid groups (broad SMARTS) is 1. The monoisotopic (exact) mass is 146 g/mol. The fourth-order valence-electron chi connectivity index (χ4n) is 0. The Morgan fingerprint density at radius 3 is 1.86 bits per heavy atom. The summed E-state index contributed by atoms with van der Waals surface area (Å²) in [6, 6.07) is 0. The maximum Gasteiger partial charge on any atom is 2.00 e. The predicted octanol–water partition coefficient (Wildman–Crippen LogP) is -0.158. The standard InChI is InChI=1S/CH2O4.Ca.Mg.4H/c2-1(3)5-4;;;;;;/h4H,(H,2,3);;;;;;/q;2*+2;4*-1. The van der Waals surface area contributed by atoms with E-state index >= 15 is 0 Å². The molecule has 0 aliphatic heterocycles. The molecule has 0 spiro atoms. The predicted molar refractivity (Wildman–Crippen MR) is 27.7 cm³/mol.